The van der Waals surface area contributed by atoms with Gasteiger partial charge < -0.3 is 16.0 Å². The molecule has 1 fully saturated rings. The first kappa shape index (κ1) is 19.4. The Morgan fingerprint density at radius 1 is 1.26 bits per heavy atom. The van der Waals surface area contributed by atoms with E-state index in [0.29, 0.717) is 23.2 Å². The van der Waals surface area contributed by atoms with Crippen molar-refractivity contribution in [2.24, 2.45) is 5.92 Å². The number of benzene rings is 1. The Bertz CT molecular complexity index is 780. The molecule has 1 aliphatic rings. The number of aryl methyl sites for hydroxylation is 1. The summed E-state index contributed by atoms with van der Waals surface area (Å²) in [6, 6.07) is 3.51. The van der Waals surface area contributed by atoms with Crippen LogP contribution in [0.3, 0.4) is 0 Å². The highest BCUT2D eigenvalue weighted by Gasteiger charge is 2.21. The van der Waals surface area contributed by atoms with Gasteiger partial charge in [0.1, 0.15) is 11.6 Å². The van der Waals surface area contributed by atoms with Crippen molar-refractivity contribution < 1.29 is 13.2 Å². The first-order chi connectivity index (χ1) is 13.0. The highest BCUT2D eigenvalue weighted by Crippen LogP contribution is 2.30. The normalized spacial score (nSPS) is 15.5. The second-order valence-corrected chi connectivity index (χ2v) is 6.84. The molecule has 0 amide bonds. The number of nitrogens with zero attached hydrogens (tertiary/aromatic N) is 2. The van der Waals surface area contributed by atoms with Crippen LogP contribution in [0.15, 0.2) is 24.4 Å². The van der Waals surface area contributed by atoms with Crippen molar-refractivity contribution in [1.82, 2.24) is 15.3 Å². The van der Waals surface area contributed by atoms with Crippen molar-refractivity contribution in [3.8, 4) is 0 Å². The lowest BCUT2D eigenvalue weighted by Crippen LogP contribution is -2.42. The van der Waals surface area contributed by atoms with Gasteiger partial charge in [-0.1, -0.05) is 18.2 Å². The number of nitrogens with one attached hydrogen (secondary N) is 3. The first-order valence-electron chi connectivity index (χ1n) is 9.07. The third kappa shape index (κ3) is 4.68. The lowest BCUT2D eigenvalue weighted by Gasteiger charge is -2.27. The van der Waals surface area contributed by atoms with Crippen LogP contribution < -0.4 is 16.0 Å². The summed E-state index contributed by atoms with van der Waals surface area (Å²) in [6.07, 6.45) is -0.139. The number of anilines is 2. The summed E-state index contributed by atoms with van der Waals surface area (Å²) >= 11 is 0. The Balaban J connectivity index is 1.73. The molecule has 1 atom stereocenters. The van der Waals surface area contributed by atoms with Crippen molar-refractivity contribution in [3.05, 3.63) is 47.2 Å². The van der Waals surface area contributed by atoms with Gasteiger partial charge in [0.05, 0.1) is 23.5 Å². The molecule has 27 heavy (non-hydrogen) atoms. The summed E-state index contributed by atoms with van der Waals surface area (Å²) in [7, 11) is 0. The monoisotopic (exact) mass is 379 g/mol. The predicted molar refractivity (Wildman–Crippen MR) is 99.6 cm³/mol. The van der Waals surface area contributed by atoms with Crippen molar-refractivity contribution in [2.45, 2.75) is 32.7 Å². The van der Waals surface area contributed by atoms with Crippen molar-refractivity contribution in [3.63, 3.8) is 0 Å². The van der Waals surface area contributed by atoms with E-state index in [2.05, 4.69) is 25.9 Å². The van der Waals surface area contributed by atoms with Crippen LogP contribution in [0, 0.1) is 18.7 Å². The van der Waals surface area contributed by atoms with E-state index in [1.165, 1.54) is 12.1 Å². The average Bonchev–Trinajstić information content (AvgIpc) is 2.58. The predicted octanol–water partition coefficient (Wildman–Crippen LogP) is 4.06. The largest absolute Gasteiger partial charge is 0.381 e. The maximum Gasteiger partial charge on any atom is 0.266 e. The second-order valence-electron chi connectivity index (χ2n) is 6.84. The first-order valence-corrected chi connectivity index (χ1v) is 9.07. The average molecular weight is 379 g/mol. The number of halogens is 3. The van der Waals surface area contributed by atoms with Crippen molar-refractivity contribution in [1.29, 1.82) is 0 Å². The van der Waals surface area contributed by atoms with Gasteiger partial charge >= 0.3 is 0 Å². The molecule has 2 aromatic rings. The number of alkyl halides is 2. The van der Waals surface area contributed by atoms with Crippen molar-refractivity contribution >= 4 is 11.5 Å². The van der Waals surface area contributed by atoms with Gasteiger partial charge in [0.25, 0.3) is 6.43 Å². The van der Waals surface area contributed by atoms with E-state index in [0.717, 1.165) is 32.1 Å². The fourth-order valence-corrected chi connectivity index (χ4v) is 3.03. The van der Waals surface area contributed by atoms with Crippen molar-refractivity contribution in [2.75, 3.05) is 30.3 Å². The third-order valence-electron chi connectivity index (χ3n) is 4.76. The third-order valence-corrected chi connectivity index (χ3v) is 4.76. The molecular weight excluding hydrogens is 355 g/mol. The number of rotatable bonds is 8. The summed E-state index contributed by atoms with van der Waals surface area (Å²) in [5.41, 5.74) is 0.299. The maximum absolute atomic E-state index is 14.4. The van der Waals surface area contributed by atoms with Gasteiger partial charge in [-0.05, 0) is 39.3 Å². The Kier molecular flexibility index (Phi) is 6.15. The van der Waals surface area contributed by atoms with Gasteiger partial charge in [-0.15, -0.1) is 0 Å². The van der Waals surface area contributed by atoms with E-state index in [1.807, 2.05) is 0 Å². The van der Waals surface area contributed by atoms with Gasteiger partial charge in [-0.3, -0.25) is 0 Å². The Morgan fingerprint density at radius 3 is 2.67 bits per heavy atom. The zero-order valence-corrected chi connectivity index (χ0v) is 15.4. The van der Waals surface area contributed by atoms with Crippen LogP contribution in [0.4, 0.5) is 24.7 Å². The minimum absolute atomic E-state index is 0.176. The van der Waals surface area contributed by atoms with Crippen LogP contribution in [0.2, 0.25) is 0 Å². The molecule has 0 spiro atoms. The minimum atomic E-state index is -2.85. The fraction of sp³-hybridized carbons (Fsp3) is 0.474. The van der Waals surface area contributed by atoms with E-state index in [1.54, 1.807) is 20.0 Å². The number of hydrogen-bond acceptors (Lipinski definition) is 5. The molecule has 1 aromatic carbocycles. The molecule has 146 valence electrons. The van der Waals surface area contributed by atoms with Crippen LogP contribution in [0.25, 0.3) is 0 Å². The van der Waals surface area contributed by atoms with E-state index in [-0.39, 0.29) is 5.56 Å². The Hall–Kier alpha value is -2.35. The van der Waals surface area contributed by atoms with Gasteiger partial charge in [0, 0.05) is 12.1 Å². The zero-order valence-electron chi connectivity index (χ0n) is 15.4. The van der Waals surface area contributed by atoms with Crippen LogP contribution >= 0.6 is 0 Å². The molecule has 8 heteroatoms. The molecule has 3 N–H and O–H groups in total. The summed E-state index contributed by atoms with van der Waals surface area (Å²) in [4.78, 5) is 8.60. The van der Waals surface area contributed by atoms with E-state index >= 15 is 0 Å². The summed E-state index contributed by atoms with van der Waals surface area (Å²) in [5.74, 6) is 0.888. The molecular formula is C19H24F3N5. The van der Waals surface area contributed by atoms with Gasteiger partial charge in [0.15, 0.2) is 5.82 Å². The molecule has 1 aliphatic heterocycles. The zero-order chi connectivity index (χ0) is 19.4. The SMILES string of the molecule is Cc1ncc(NCCC2CNC2)c(N[C@H](C)c2cccc(C(F)F)c2F)n1. The lowest BCUT2D eigenvalue weighted by atomic mass is 10.00. The quantitative estimate of drug-likeness (QED) is 0.646. The lowest BCUT2D eigenvalue weighted by molar-refractivity contribution is 0.146. The second kappa shape index (κ2) is 8.56. The molecule has 5 nitrogen and oxygen atoms in total. The standard InChI is InChI=1S/C19H24F3N5/c1-11(14-4-3-5-15(17(14)20)18(21)22)26-19-16(10-25-12(2)27-19)24-7-6-13-8-23-9-13/h3-5,10-11,13,18,23-24H,6-9H2,1-2H3,(H,25,26,27)/t11-/m1/s1. The van der Waals surface area contributed by atoms with Gasteiger partial charge in [0.2, 0.25) is 0 Å². The molecule has 2 heterocycles. The minimum Gasteiger partial charge on any atom is -0.381 e. The number of hydrogen-bond donors (Lipinski definition) is 3. The fourth-order valence-electron chi connectivity index (χ4n) is 3.03. The molecule has 1 saturated heterocycles. The topological polar surface area (TPSA) is 61.9 Å². The number of aromatic nitrogens is 2. The van der Waals surface area contributed by atoms with Gasteiger partial charge in [-0.25, -0.2) is 23.1 Å². The van der Waals surface area contributed by atoms with E-state index in [4.69, 9.17) is 0 Å². The smallest absolute Gasteiger partial charge is 0.266 e. The molecule has 3 rings (SSSR count). The van der Waals surface area contributed by atoms with E-state index in [9.17, 15) is 13.2 Å². The molecule has 1 aromatic heterocycles. The molecule has 0 bridgehead atoms. The van der Waals surface area contributed by atoms with Crippen LogP contribution in [0.5, 0.6) is 0 Å². The van der Waals surface area contributed by atoms with Crippen LogP contribution in [-0.2, 0) is 0 Å². The van der Waals surface area contributed by atoms with Crippen LogP contribution in [-0.4, -0.2) is 29.6 Å². The molecule has 0 unspecified atom stereocenters. The molecule has 0 aliphatic carbocycles. The van der Waals surface area contributed by atoms with Crippen LogP contribution in [0.1, 0.15) is 42.8 Å². The Morgan fingerprint density at radius 2 is 2.00 bits per heavy atom. The summed E-state index contributed by atoms with van der Waals surface area (Å²) < 4.78 is 40.3. The van der Waals surface area contributed by atoms with Gasteiger partial charge in [-0.2, -0.15) is 0 Å². The Labute approximate surface area is 156 Å². The molecule has 0 saturated carbocycles. The maximum atomic E-state index is 14.4. The summed E-state index contributed by atoms with van der Waals surface area (Å²) in [5, 5.41) is 9.68. The van der Waals surface area contributed by atoms with E-state index < -0.39 is 23.8 Å². The summed E-state index contributed by atoms with van der Waals surface area (Å²) in [6.45, 7) is 6.32. The highest BCUT2D eigenvalue weighted by atomic mass is 19.3. The molecule has 0 radical (unpaired) electrons. The highest BCUT2D eigenvalue weighted by molar-refractivity contribution is 5.63.